The fourth-order valence-corrected chi connectivity index (χ4v) is 0.758. The predicted octanol–water partition coefficient (Wildman–Crippen LogP) is 3.99. The molecule has 0 spiro atoms. The highest BCUT2D eigenvalue weighted by Crippen LogP contribution is 2.26. The third-order valence-corrected chi connectivity index (χ3v) is 1.86. The minimum Gasteiger partial charge on any atom is -0.497 e. The number of hydrogen-bond donors (Lipinski definition) is 0. The van der Waals surface area contributed by atoms with Crippen LogP contribution in [0, 0.1) is 0 Å². The van der Waals surface area contributed by atoms with Crippen LogP contribution in [0.15, 0.2) is 35.6 Å². The topological polar surface area (TPSA) is 9.23 Å². The van der Waals surface area contributed by atoms with Gasteiger partial charge >= 0.3 is 6.18 Å². The van der Waals surface area contributed by atoms with Crippen LogP contribution in [0.3, 0.4) is 0 Å². The summed E-state index contributed by atoms with van der Waals surface area (Å²) < 4.78 is 41.2. The molecule has 0 aliphatic carbocycles. The van der Waals surface area contributed by atoms with Gasteiger partial charge in [0.05, 0.1) is 12.7 Å². The Labute approximate surface area is 87.9 Å². The van der Waals surface area contributed by atoms with Crippen LogP contribution in [-0.2, 0) is 4.74 Å². The standard InChI is InChI=1S/C11H15F3O/c1-5-8(2)6-10(15-4)7-9(3)11(12,13)14/h6-7H,3,5H2,1-2,4H3/b8-6+,10-7+. The van der Waals surface area contributed by atoms with Crippen LogP contribution in [-0.4, -0.2) is 13.3 Å². The lowest BCUT2D eigenvalue weighted by molar-refractivity contribution is -0.0880. The van der Waals surface area contributed by atoms with E-state index < -0.39 is 11.7 Å². The zero-order valence-corrected chi connectivity index (χ0v) is 9.11. The minimum absolute atomic E-state index is 0.164. The molecule has 0 unspecified atom stereocenters. The largest absolute Gasteiger partial charge is 0.497 e. The van der Waals surface area contributed by atoms with Gasteiger partial charge in [0.2, 0.25) is 0 Å². The highest BCUT2D eigenvalue weighted by Gasteiger charge is 2.30. The molecule has 0 saturated heterocycles. The van der Waals surface area contributed by atoms with E-state index in [1.54, 1.807) is 6.08 Å². The van der Waals surface area contributed by atoms with Crippen molar-refractivity contribution in [3.05, 3.63) is 35.6 Å². The van der Waals surface area contributed by atoms with Crippen molar-refractivity contribution in [1.82, 2.24) is 0 Å². The highest BCUT2D eigenvalue weighted by atomic mass is 19.4. The van der Waals surface area contributed by atoms with E-state index in [1.807, 2.05) is 13.8 Å². The summed E-state index contributed by atoms with van der Waals surface area (Å²) in [6.07, 6.45) is -1.19. The average molecular weight is 220 g/mol. The Hall–Kier alpha value is -1.19. The zero-order valence-electron chi connectivity index (χ0n) is 9.11. The molecular weight excluding hydrogens is 205 g/mol. The monoisotopic (exact) mass is 220 g/mol. The van der Waals surface area contributed by atoms with E-state index in [2.05, 4.69) is 6.58 Å². The number of alkyl halides is 3. The van der Waals surface area contributed by atoms with Crippen molar-refractivity contribution in [2.45, 2.75) is 26.4 Å². The van der Waals surface area contributed by atoms with Crippen molar-refractivity contribution in [1.29, 1.82) is 0 Å². The fourth-order valence-electron chi connectivity index (χ4n) is 0.758. The van der Waals surface area contributed by atoms with E-state index in [0.29, 0.717) is 0 Å². The quantitative estimate of drug-likeness (QED) is 0.514. The molecule has 0 aliphatic rings. The van der Waals surface area contributed by atoms with Crippen LogP contribution in [0.4, 0.5) is 13.2 Å². The van der Waals surface area contributed by atoms with Crippen LogP contribution in [0.1, 0.15) is 20.3 Å². The molecular formula is C11H15F3O. The number of methoxy groups -OCH3 is 1. The molecule has 0 aromatic carbocycles. The van der Waals surface area contributed by atoms with Gasteiger partial charge in [-0.05, 0) is 25.5 Å². The first-order valence-electron chi connectivity index (χ1n) is 4.50. The number of rotatable bonds is 4. The number of ether oxygens (including phenoxy) is 1. The van der Waals surface area contributed by atoms with Gasteiger partial charge in [-0.2, -0.15) is 13.2 Å². The van der Waals surface area contributed by atoms with Crippen LogP contribution < -0.4 is 0 Å². The van der Waals surface area contributed by atoms with Crippen molar-refractivity contribution in [2.75, 3.05) is 7.11 Å². The Kier molecular flexibility index (Phi) is 5.19. The van der Waals surface area contributed by atoms with E-state index in [-0.39, 0.29) is 5.76 Å². The van der Waals surface area contributed by atoms with Gasteiger partial charge in [-0.1, -0.05) is 19.1 Å². The van der Waals surface area contributed by atoms with Crippen molar-refractivity contribution in [3.8, 4) is 0 Å². The molecule has 86 valence electrons. The number of allylic oxidation sites excluding steroid dienone is 4. The molecule has 0 heterocycles. The zero-order chi connectivity index (χ0) is 12.1. The lowest BCUT2D eigenvalue weighted by atomic mass is 10.2. The fraction of sp³-hybridized carbons (Fsp3) is 0.455. The summed E-state index contributed by atoms with van der Waals surface area (Å²) in [5.74, 6) is 0.164. The summed E-state index contributed by atoms with van der Waals surface area (Å²) in [5, 5.41) is 0. The van der Waals surface area contributed by atoms with Gasteiger partial charge in [0, 0.05) is 0 Å². The van der Waals surface area contributed by atoms with E-state index >= 15 is 0 Å². The highest BCUT2D eigenvalue weighted by molar-refractivity contribution is 5.29. The summed E-state index contributed by atoms with van der Waals surface area (Å²) in [6, 6.07) is 0. The lowest BCUT2D eigenvalue weighted by Crippen LogP contribution is -2.09. The molecule has 0 aromatic rings. The maximum absolute atomic E-state index is 12.1. The maximum atomic E-state index is 12.1. The SMILES string of the molecule is C=C(/C=C(\C=C(/C)CC)OC)C(F)(F)F. The smallest absolute Gasteiger partial charge is 0.415 e. The van der Waals surface area contributed by atoms with Crippen molar-refractivity contribution in [3.63, 3.8) is 0 Å². The summed E-state index contributed by atoms with van der Waals surface area (Å²) >= 11 is 0. The average Bonchev–Trinajstić information content (AvgIpc) is 2.14. The third-order valence-electron chi connectivity index (χ3n) is 1.86. The summed E-state index contributed by atoms with van der Waals surface area (Å²) in [6.45, 7) is 6.67. The van der Waals surface area contributed by atoms with E-state index in [0.717, 1.165) is 18.1 Å². The predicted molar refractivity (Wildman–Crippen MR) is 54.3 cm³/mol. The van der Waals surface area contributed by atoms with Crippen LogP contribution >= 0.6 is 0 Å². The molecule has 0 N–H and O–H groups in total. The lowest BCUT2D eigenvalue weighted by Gasteiger charge is -2.07. The molecule has 0 aromatic heterocycles. The van der Waals surface area contributed by atoms with Crippen LogP contribution in [0.2, 0.25) is 0 Å². The molecule has 15 heavy (non-hydrogen) atoms. The Bertz CT molecular complexity index is 285. The van der Waals surface area contributed by atoms with Crippen LogP contribution in [0.25, 0.3) is 0 Å². The third kappa shape index (κ3) is 5.30. The molecule has 0 amide bonds. The molecule has 0 rings (SSSR count). The second kappa shape index (κ2) is 5.63. The first kappa shape index (κ1) is 13.8. The molecule has 4 heteroatoms. The number of hydrogen-bond acceptors (Lipinski definition) is 1. The van der Waals surface area contributed by atoms with Crippen molar-refractivity contribution in [2.24, 2.45) is 0 Å². The van der Waals surface area contributed by atoms with E-state index in [4.69, 9.17) is 4.74 Å². The van der Waals surface area contributed by atoms with Crippen molar-refractivity contribution >= 4 is 0 Å². The van der Waals surface area contributed by atoms with Gasteiger partial charge in [0.15, 0.2) is 0 Å². The molecule has 0 atom stereocenters. The number of halogens is 3. The van der Waals surface area contributed by atoms with Gasteiger partial charge in [-0.25, -0.2) is 0 Å². The van der Waals surface area contributed by atoms with Crippen LogP contribution in [0.5, 0.6) is 0 Å². The summed E-state index contributed by atoms with van der Waals surface area (Å²) in [5.41, 5.74) is 0.0255. The first-order chi connectivity index (χ1) is 6.81. The molecule has 0 fully saturated rings. The normalized spacial score (nSPS) is 14.0. The summed E-state index contributed by atoms with van der Waals surface area (Å²) in [4.78, 5) is 0. The molecule has 0 aliphatic heterocycles. The second-order valence-corrected chi connectivity index (χ2v) is 3.12. The maximum Gasteiger partial charge on any atom is 0.415 e. The van der Waals surface area contributed by atoms with E-state index in [1.165, 1.54) is 7.11 Å². The molecule has 0 bridgehead atoms. The molecule has 0 radical (unpaired) electrons. The first-order valence-corrected chi connectivity index (χ1v) is 4.50. The molecule has 1 nitrogen and oxygen atoms in total. The van der Waals surface area contributed by atoms with E-state index in [9.17, 15) is 13.2 Å². The Morgan fingerprint density at radius 1 is 1.33 bits per heavy atom. The van der Waals surface area contributed by atoms with Gasteiger partial charge in [-0.3, -0.25) is 0 Å². The Morgan fingerprint density at radius 3 is 2.20 bits per heavy atom. The molecule has 0 saturated carbocycles. The van der Waals surface area contributed by atoms with Crippen molar-refractivity contribution < 1.29 is 17.9 Å². The van der Waals surface area contributed by atoms with Gasteiger partial charge in [0.25, 0.3) is 0 Å². The second-order valence-electron chi connectivity index (χ2n) is 3.12. The Balaban J connectivity index is 4.84. The van der Waals surface area contributed by atoms with Gasteiger partial charge in [0.1, 0.15) is 5.76 Å². The minimum atomic E-state index is -4.41. The van der Waals surface area contributed by atoms with Gasteiger partial charge < -0.3 is 4.74 Å². The van der Waals surface area contributed by atoms with Gasteiger partial charge in [-0.15, -0.1) is 0 Å². The summed E-state index contributed by atoms with van der Waals surface area (Å²) in [7, 11) is 1.33. The Morgan fingerprint density at radius 2 is 1.87 bits per heavy atom.